The fourth-order valence-corrected chi connectivity index (χ4v) is 6.20. The van der Waals surface area contributed by atoms with Gasteiger partial charge in [-0.25, -0.2) is 9.97 Å². The Morgan fingerprint density at radius 3 is 2.36 bits per heavy atom. The van der Waals surface area contributed by atoms with Crippen molar-refractivity contribution in [2.24, 2.45) is 0 Å². The van der Waals surface area contributed by atoms with Crippen LogP contribution >= 0.6 is 11.8 Å². The summed E-state index contributed by atoms with van der Waals surface area (Å²) in [6.45, 7) is 2.63. The van der Waals surface area contributed by atoms with Crippen LogP contribution in [0.15, 0.2) is 96.4 Å². The highest BCUT2D eigenvalue weighted by molar-refractivity contribution is 7.99. The van der Waals surface area contributed by atoms with Gasteiger partial charge in [0.2, 0.25) is 11.8 Å². The number of benzene rings is 3. The molecule has 2 heterocycles. The third-order valence-electron chi connectivity index (χ3n) is 7.94. The zero-order valence-corrected chi connectivity index (χ0v) is 27.5. The van der Waals surface area contributed by atoms with E-state index in [2.05, 4.69) is 44.9 Å². The molecule has 0 radical (unpaired) electrons. The molecule has 3 N–H and O–H groups in total. The number of hydrogen-bond donors (Lipinski definition) is 3. The van der Waals surface area contributed by atoms with Crippen LogP contribution in [0.4, 0.5) is 0 Å². The first-order valence-corrected chi connectivity index (χ1v) is 17.1. The van der Waals surface area contributed by atoms with Crippen molar-refractivity contribution in [1.29, 1.82) is 0 Å². The summed E-state index contributed by atoms with van der Waals surface area (Å²) in [7, 11) is 0. The minimum atomic E-state index is -0.547. The van der Waals surface area contributed by atoms with Crippen LogP contribution in [0.3, 0.4) is 0 Å². The normalized spacial score (nSPS) is 17.6. The molecule has 1 aliphatic rings. The molecule has 0 bridgehead atoms. The lowest BCUT2D eigenvalue weighted by Crippen LogP contribution is -2.31. The van der Waals surface area contributed by atoms with Gasteiger partial charge in [0, 0.05) is 56.6 Å². The largest absolute Gasteiger partial charge is 0.392 e. The van der Waals surface area contributed by atoms with Crippen molar-refractivity contribution < 1.29 is 24.2 Å². The maximum Gasteiger partial charge on any atom is 0.220 e. The number of nitrogens with zero attached hydrogens (tertiary/aromatic N) is 2. The number of carbonyl (C=O) groups excluding carboxylic acids is 2. The van der Waals surface area contributed by atoms with Crippen LogP contribution in [-0.4, -0.2) is 45.3 Å². The molecule has 0 spiro atoms. The molecule has 246 valence electrons. The van der Waals surface area contributed by atoms with Crippen LogP contribution in [0.25, 0.3) is 11.1 Å². The first-order chi connectivity index (χ1) is 23.0. The summed E-state index contributed by atoms with van der Waals surface area (Å²) in [5, 5.41) is 16.0. The first-order valence-electron chi connectivity index (χ1n) is 16.1. The number of rotatable bonds is 15. The van der Waals surface area contributed by atoms with Crippen LogP contribution in [0.2, 0.25) is 0 Å². The molecular weight excluding hydrogens is 612 g/mol. The SMILES string of the molecule is CC(=O)NCCCCCC(=O)NCc1cccc(-c2ccc(C3OC(CSc4ncccn4)CC(c4ccc(CO)cc4)O3)cc2)c1. The molecule has 3 aromatic carbocycles. The zero-order valence-electron chi connectivity index (χ0n) is 26.6. The number of thioether (sulfide) groups is 1. The summed E-state index contributed by atoms with van der Waals surface area (Å²) in [5.74, 6) is 0.695. The number of unbranched alkanes of at least 4 members (excludes halogenated alkanes) is 2. The summed E-state index contributed by atoms with van der Waals surface area (Å²) in [5.41, 5.74) is 5.98. The van der Waals surface area contributed by atoms with Crippen molar-refractivity contribution in [3.63, 3.8) is 0 Å². The predicted octanol–water partition coefficient (Wildman–Crippen LogP) is 6.29. The number of aromatic nitrogens is 2. The molecule has 2 amide bonds. The summed E-state index contributed by atoms with van der Waals surface area (Å²) in [6, 6.07) is 26.1. The Labute approximate surface area is 280 Å². The number of aliphatic hydroxyl groups is 1. The van der Waals surface area contributed by atoms with Gasteiger partial charge in [-0.05, 0) is 52.8 Å². The summed E-state index contributed by atoms with van der Waals surface area (Å²) in [6.07, 6.45) is 6.41. The van der Waals surface area contributed by atoms with Gasteiger partial charge in [-0.15, -0.1) is 0 Å². The summed E-state index contributed by atoms with van der Waals surface area (Å²) >= 11 is 1.57. The monoisotopic (exact) mass is 654 g/mol. The zero-order chi connectivity index (χ0) is 32.8. The van der Waals surface area contributed by atoms with E-state index in [1.54, 1.807) is 30.2 Å². The topological polar surface area (TPSA) is 123 Å². The Bertz CT molecular complexity index is 1570. The van der Waals surface area contributed by atoms with Crippen molar-refractivity contribution in [2.75, 3.05) is 12.3 Å². The van der Waals surface area contributed by atoms with Crippen LogP contribution in [0, 0.1) is 0 Å². The van der Waals surface area contributed by atoms with E-state index in [1.807, 2.05) is 48.5 Å². The van der Waals surface area contributed by atoms with E-state index < -0.39 is 6.29 Å². The average Bonchev–Trinajstić information content (AvgIpc) is 3.11. The molecule has 9 nitrogen and oxygen atoms in total. The lowest BCUT2D eigenvalue weighted by atomic mass is 9.99. The van der Waals surface area contributed by atoms with Gasteiger partial charge in [-0.3, -0.25) is 9.59 Å². The molecule has 1 saturated heterocycles. The van der Waals surface area contributed by atoms with Crippen LogP contribution < -0.4 is 10.6 Å². The Balaban J connectivity index is 1.19. The van der Waals surface area contributed by atoms with Gasteiger partial charge in [0.1, 0.15) is 0 Å². The van der Waals surface area contributed by atoms with E-state index in [-0.39, 0.29) is 30.6 Å². The molecule has 10 heteroatoms. The highest BCUT2D eigenvalue weighted by Crippen LogP contribution is 2.39. The molecule has 5 rings (SSSR count). The van der Waals surface area contributed by atoms with Gasteiger partial charge in [-0.2, -0.15) is 0 Å². The number of aliphatic hydroxyl groups excluding tert-OH is 1. The number of amides is 2. The summed E-state index contributed by atoms with van der Waals surface area (Å²) < 4.78 is 13.0. The molecule has 1 aromatic heterocycles. The Hall–Kier alpha value is -4.09. The van der Waals surface area contributed by atoms with E-state index in [4.69, 9.17) is 9.47 Å². The highest BCUT2D eigenvalue weighted by atomic mass is 32.2. The fraction of sp³-hybridized carbons (Fsp3) is 0.351. The quantitative estimate of drug-likeness (QED) is 0.0777. The molecule has 1 fully saturated rings. The van der Waals surface area contributed by atoms with E-state index in [9.17, 15) is 14.7 Å². The molecule has 3 unspecified atom stereocenters. The van der Waals surface area contributed by atoms with Gasteiger partial charge in [0.05, 0.1) is 18.8 Å². The third kappa shape index (κ3) is 10.7. The molecule has 3 atom stereocenters. The van der Waals surface area contributed by atoms with Gasteiger partial charge in [-0.1, -0.05) is 84.9 Å². The molecule has 0 aliphatic carbocycles. The number of nitrogens with one attached hydrogen (secondary N) is 2. The maximum absolute atomic E-state index is 12.4. The molecule has 47 heavy (non-hydrogen) atoms. The van der Waals surface area contributed by atoms with Crippen LogP contribution in [0.5, 0.6) is 0 Å². The maximum atomic E-state index is 12.4. The van der Waals surface area contributed by atoms with E-state index in [0.717, 1.165) is 52.6 Å². The summed E-state index contributed by atoms with van der Waals surface area (Å²) in [4.78, 5) is 32.0. The second-order valence-electron chi connectivity index (χ2n) is 11.6. The highest BCUT2D eigenvalue weighted by Gasteiger charge is 2.32. The minimum absolute atomic E-state index is 0.000801. The third-order valence-corrected chi connectivity index (χ3v) is 8.95. The van der Waals surface area contributed by atoms with Crippen LogP contribution in [0.1, 0.15) is 73.7 Å². The van der Waals surface area contributed by atoms with Gasteiger partial charge in [0.15, 0.2) is 11.4 Å². The second kappa shape index (κ2) is 17.7. The molecule has 4 aromatic rings. The van der Waals surface area contributed by atoms with Crippen molar-refractivity contribution in [3.8, 4) is 11.1 Å². The lowest BCUT2D eigenvalue weighted by molar-refractivity contribution is -0.245. The molecule has 1 aliphatic heterocycles. The first kappa shape index (κ1) is 34.3. The fourth-order valence-electron chi connectivity index (χ4n) is 5.38. The minimum Gasteiger partial charge on any atom is -0.392 e. The lowest BCUT2D eigenvalue weighted by Gasteiger charge is -2.36. The average molecular weight is 655 g/mol. The standard InChI is InChI=1S/C37H42N4O5S/c1-26(43)38-18-4-2-3-9-35(44)41-23-28-7-5-8-32(21-28)29-14-16-31(17-15-29)36-45-33(25-47-37-39-19-6-20-40-37)22-34(46-36)30-12-10-27(24-42)11-13-30/h5-8,10-17,19-21,33-34,36,42H,2-4,9,18,22-25H2,1H3,(H,38,43)(H,41,44). The number of carbonyl (C=O) groups is 2. The molecule has 0 saturated carbocycles. The Morgan fingerprint density at radius 1 is 0.851 bits per heavy atom. The van der Waals surface area contributed by atoms with Gasteiger partial charge in [0.25, 0.3) is 0 Å². The molecular formula is C37H42N4O5S. The van der Waals surface area contributed by atoms with Crippen molar-refractivity contribution in [2.45, 2.75) is 75.8 Å². The van der Waals surface area contributed by atoms with Crippen molar-refractivity contribution >= 4 is 23.6 Å². The van der Waals surface area contributed by atoms with Crippen LogP contribution in [-0.2, 0) is 32.2 Å². The van der Waals surface area contributed by atoms with Gasteiger partial charge < -0.3 is 25.2 Å². The van der Waals surface area contributed by atoms with Crippen molar-refractivity contribution in [3.05, 3.63) is 114 Å². The Kier molecular flexibility index (Phi) is 12.9. The smallest absolute Gasteiger partial charge is 0.220 e. The second-order valence-corrected chi connectivity index (χ2v) is 12.6. The van der Waals surface area contributed by atoms with Crippen molar-refractivity contribution in [1.82, 2.24) is 20.6 Å². The predicted molar refractivity (Wildman–Crippen MR) is 182 cm³/mol. The van der Waals surface area contributed by atoms with Gasteiger partial charge >= 0.3 is 0 Å². The van der Waals surface area contributed by atoms with E-state index >= 15 is 0 Å². The Morgan fingerprint density at radius 2 is 1.62 bits per heavy atom. The number of hydrogen-bond acceptors (Lipinski definition) is 8. The van der Waals surface area contributed by atoms with E-state index in [0.29, 0.717) is 36.8 Å². The van der Waals surface area contributed by atoms with E-state index in [1.165, 1.54) is 6.92 Å². The number of ether oxygens (including phenoxy) is 2.